The van der Waals surface area contributed by atoms with Crippen LogP contribution in [-0.2, 0) is 20.6 Å². The number of thioether (sulfide) groups is 1. The van der Waals surface area contributed by atoms with E-state index in [0.717, 1.165) is 9.87 Å². The van der Waals surface area contributed by atoms with Crippen molar-refractivity contribution in [2.75, 3.05) is 14.1 Å². The lowest BCUT2D eigenvalue weighted by molar-refractivity contribution is -0.121. The third-order valence-electron chi connectivity index (χ3n) is 3.89. The van der Waals surface area contributed by atoms with Crippen LogP contribution in [0.2, 0.25) is 0 Å². The van der Waals surface area contributed by atoms with E-state index in [9.17, 15) is 18.0 Å². The van der Waals surface area contributed by atoms with Gasteiger partial charge in [-0.1, -0.05) is 36.4 Å². The predicted octanol–water partition coefficient (Wildman–Crippen LogP) is 2.02. The lowest BCUT2D eigenvalue weighted by Crippen LogP contribution is -2.45. The van der Waals surface area contributed by atoms with Gasteiger partial charge in [0.1, 0.15) is 0 Å². The standard InChI is InChI=1S/C19H23N3O4S2/c1-14(27-13-15-8-5-4-6-9-15)18(23)20-21-19(24)16-10-7-11-17(12-16)28(25,26)22(2)3/h4-12,14H,13H2,1-3H3,(H,20,23)(H,21,24)/t14-/m1/s1. The summed E-state index contributed by atoms with van der Waals surface area (Å²) in [5, 5.41) is -0.374. The van der Waals surface area contributed by atoms with Gasteiger partial charge in [0, 0.05) is 25.4 Å². The first-order valence-electron chi connectivity index (χ1n) is 8.50. The van der Waals surface area contributed by atoms with Crippen LogP contribution in [-0.4, -0.2) is 43.9 Å². The fourth-order valence-corrected chi connectivity index (χ4v) is 3.97. The average molecular weight is 422 g/mol. The number of carbonyl (C=O) groups is 2. The van der Waals surface area contributed by atoms with Gasteiger partial charge in [0.25, 0.3) is 11.8 Å². The van der Waals surface area contributed by atoms with Crippen LogP contribution in [0, 0.1) is 0 Å². The molecule has 2 N–H and O–H groups in total. The monoisotopic (exact) mass is 421 g/mol. The van der Waals surface area contributed by atoms with E-state index in [4.69, 9.17) is 0 Å². The Kier molecular flexibility index (Phi) is 7.61. The number of hydrazine groups is 1. The number of nitrogens with zero attached hydrogens (tertiary/aromatic N) is 1. The van der Waals surface area contributed by atoms with Crippen molar-refractivity contribution in [1.29, 1.82) is 0 Å². The molecule has 2 amide bonds. The summed E-state index contributed by atoms with van der Waals surface area (Å²) >= 11 is 1.45. The Hall–Kier alpha value is -2.36. The summed E-state index contributed by atoms with van der Waals surface area (Å²) in [5.74, 6) is -0.260. The van der Waals surface area contributed by atoms with Crippen molar-refractivity contribution < 1.29 is 18.0 Å². The highest BCUT2D eigenvalue weighted by atomic mass is 32.2. The smallest absolute Gasteiger partial charge is 0.269 e. The maximum atomic E-state index is 12.3. The molecule has 0 aliphatic heterocycles. The van der Waals surface area contributed by atoms with Gasteiger partial charge in [0.05, 0.1) is 10.1 Å². The molecular formula is C19H23N3O4S2. The molecule has 0 aliphatic rings. The quantitative estimate of drug-likeness (QED) is 0.667. The maximum absolute atomic E-state index is 12.3. The van der Waals surface area contributed by atoms with E-state index in [2.05, 4.69) is 10.9 Å². The number of sulfonamides is 1. The molecule has 0 aliphatic carbocycles. The normalized spacial score (nSPS) is 12.4. The second-order valence-corrected chi connectivity index (χ2v) is 9.68. The Morgan fingerprint density at radius 3 is 2.36 bits per heavy atom. The van der Waals surface area contributed by atoms with Gasteiger partial charge in [-0.05, 0) is 30.7 Å². The second-order valence-electron chi connectivity index (χ2n) is 6.20. The highest BCUT2D eigenvalue weighted by Crippen LogP contribution is 2.17. The van der Waals surface area contributed by atoms with Crippen molar-refractivity contribution in [2.45, 2.75) is 22.8 Å². The molecule has 0 saturated heterocycles. The van der Waals surface area contributed by atoms with Gasteiger partial charge in [0.2, 0.25) is 10.0 Å². The first kappa shape index (κ1) is 21.9. The molecule has 0 heterocycles. The number of rotatable bonds is 7. The Labute approximate surface area is 169 Å². The lowest BCUT2D eigenvalue weighted by Gasteiger charge is -2.14. The summed E-state index contributed by atoms with van der Waals surface area (Å²) in [7, 11) is -0.822. The number of amides is 2. The molecule has 2 aromatic carbocycles. The lowest BCUT2D eigenvalue weighted by atomic mass is 10.2. The SMILES string of the molecule is C[C@@H](SCc1ccccc1)C(=O)NNC(=O)c1cccc(S(=O)(=O)N(C)C)c1. The minimum absolute atomic E-state index is 0.00302. The number of hydrogen-bond donors (Lipinski definition) is 2. The first-order chi connectivity index (χ1) is 13.2. The van der Waals surface area contributed by atoms with E-state index >= 15 is 0 Å². The van der Waals surface area contributed by atoms with E-state index < -0.39 is 15.9 Å². The summed E-state index contributed by atoms with van der Waals surface area (Å²) in [5.41, 5.74) is 5.94. The zero-order valence-electron chi connectivity index (χ0n) is 15.9. The maximum Gasteiger partial charge on any atom is 0.269 e. The fourth-order valence-electron chi connectivity index (χ4n) is 2.17. The van der Waals surface area contributed by atoms with Crippen LogP contribution < -0.4 is 10.9 Å². The summed E-state index contributed by atoms with van der Waals surface area (Å²) in [6, 6.07) is 15.4. The molecule has 0 aromatic heterocycles. The van der Waals surface area contributed by atoms with Crippen LogP contribution in [0.3, 0.4) is 0 Å². The molecule has 0 spiro atoms. The van der Waals surface area contributed by atoms with Crippen LogP contribution in [0.1, 0.15) is 22.8 Å². The van der Waals surface area contributed by atoms with Gasteiger partial charge in [-0.3, -0.25) is 20.4 Å². The van der Waals surface area contributed by atoms with Crippen molar-refractivity contribution in [3.8, 4) is 0 Å². The molecule has 0 bridgehead atoms. The van der Waals surface area contributed by atoms with E-state index in [0.29, 0.717) is 5.75 Å². The van der Waals surface area contributed by atoms with Gasteiger partial charge < -0.3 is 0 Å². The molecule has 0 saturated carbocycles. The molecule has 1 atom stereocenters. The summed E-state index contributed by atoms with van der Waals surface area (Å²) in [6.45, 7) is 1.75. The Bertz CT molecular complexity index is 931. The third-order valence-corrected chi connectivity index (χ3v) is 6.91. The van der Waals surface area contributed by atoms with E-state index in [1.54, 1.807) is 6.92 Å². The second kappa shape index (κ2) is 9.72. The predicted molar refractivity (Wildman–Crippen MR) is 110 cm³/mol. The molecule has 0 radical (unpaired) electrons. The topological polar surface area (TPSA) is 95.6 Å². The largest absolute Gasteiger partial charge is 0.272 e. The molecular weight excluding hydrogens is 398 g/mol. The van der Waals surface area contributed by atoms with Gasteiger partial charge in [-0.15, -0.1) is 11.8 Å². The van der Waals surface area contributed by atoms with Crippen LogP contribution in [0.5, 0.6) is 0 Å². The highest BCUT2D eigenvalue weighted by molar-refractivity contribution is 7.99. The van der Waals surface area contributed by atoms with E-state index in [1.165, 1.54) is 50.1 Å². The van der Waals surface area contributed by atoms with Crippen LogP contribution in [0.15, 0.2) is 59.5 Å². The van der Waals surface area contributed by atoms with Gasteiger partial charge >= 0.3 is 0 Å². The molecule has 0 unspecified atom stereocenters. The van der Waals surface area contributed by atoms with Crippen LogP contribution in [0.25, 0.3) is 0 Å². The average Bonchev–Trinajstić information content (AvgIpc) is 2.70. The number of carbonyl (C=O) groups excluding carboxylic acids is 2. The van der Waals surface area contributed by atoms with Crippen molar-refractivity contribution >= 4 is 33.6 Å². The first-order valence-corrected chi connectivity index (χ1v) is 11.0. The van der Waals surface area contributed by atoms with Gasteiger partial charge in [-0.25, -0.2) is 12.7 Å². The molecule has 9 heteroatoms. The molecule has 150 valence electrons. The van der Waals surface area contributed by atoms with Crippen LogP contribution >= 0.6 is 11.8 Å². The van der Waals surface area contributed by atoms with Crippen molar-refractivity contribution in [2.24, 2.45) is 0 Å². The molecule has 7 nitrogen and oxygen atoms in total. The minimum atomic E-state index is -3.65. The summed E-state index contributed by atoms with van der Waals surface area (Å²) < 4.78 is 25.4. The minimum Gasteiger partial charge on any atom is -0.272 e. The highest BCUT2D eigenvalue weighted by Gasteiger charge is 2.19. The number of hydrogen-bond acceptors (Lipinski definition) is 5. The van der Waals surface area contributed by atoms with Crippen molar-refractivity contribution in [1.82, 2.24) is 15.2 Å². The zero-order chi connectivity index (χ0) is 20.7. The van der Waals surface area contributed by atoms with E-state index in [1.807, 2.05) is 30.3 Å². The third kappa shape index (κ3) is 5.82. The molecule has 0 fully saturated rings. The Morgan fingerprint density at radius 2 is 1.71 bits per heavy atom. The van der Waals surface area contributed by atoms with Gasteiger partial charge in [0.15, 0.2) is 0 Å². The Balaban J connectivity index is 1.92. The number of nitrogens with one attached hydrogen (secondary N) is 2. The summed E-state index contributed by atoms with van der Waals surface area (Å²) in [6.07, 6.45) is 0. The summed E-state index contributed by atoms with van der Waals surface area (Å²) in [4.78, 5) is 24.4. The fraction of sp³-hybridized carbons (Fsp3) is 0.263. The van der Waals surface area contributed by atoms with Crippen molar-refractivity contribution in [3.63, 3.8) is 0 Å². The van der Waals surface area contributed by atoms with Crippen LogP contribution in [0.4, 0.5) is 0 Å². The van der Waals surface area contributed by atoms with E-state index in [-0.39, 0.29) is 21.6 Å². The zero-order valence-corrected chi connectivity index (χ0v) is 17.5. The Morgan fingerprint density at radius 1 is 1.04 bits per heavy atom. The van der Waals surface area contributed by atoms with Crippen molar-refractivity contribution in [3.05, 3.63) is 65.7 Å². The van der Waals surface area contributed by atoms with Gasteiger partial charge in [-0.2, -0.15) is 0 Å². The molecule has 2 rings (SSSR count). The number of benzene rings is 2. The molecule has 2 aromatic rings. The molecule has 28 heavy (non-hydrogen) atoms.